The molecule has 2 aromatic carbocycles. The van der Waals surface area contributed by atoms with E-state index in [0.717, 1.165) is 0 Å². The maximum atomic E-state index is 12.7. The zero-order chi connectivity index (χ0) is 21.6. The highest BCUT2D eigenvalue weighted by atomic mass is 79.9. The van der Waals surface area contributed by atoms with Crippen LogP contribution in [0.5, 0.6) is 11.5 Å². The molecule has 0 aliphatic heterocycles. The topological polar surface area (TPSA) is 84.9 Å². The van der Waals surface area contributed by atoms with Gasteiger partial charge in [0.1, 0.15) is 11.5 Å². The minimum absolute atomic E-state index is 0.0682. The number of hydrogen-bond acceptors (Lipinski definition) is 5. The molecular formula is C19H22BrClN2O5S. The van der Waals surface area contributed by atoms with Crippen molar-refractivity contribution in [1.29, 1.82) is 0 Å². The average molecular weight is 506 g/mol. The van der Waals surface area contributed by atoms with Crippen LogP contribution in [0.4, 0.5) is 5.69 Å². The molecule has 0 saturated carbocycles. The molecule has 1 amide bonds. The Morgan fingerprint density at radius 1 is 1.14 bits per heavy atom. The molecule has 0 aliphatic rings. The molecule has 0 saturated heterocycles. The number of carbonyl (C=O) groups excluding carboxylic acids is 1. The first kappa shape index (κ1) is 23.5. The van der Waals surface area contributed by atoms with Crippen molar-refractivity contribution in [2.24, 2.45) is 0 Å². The van der Waals surface area contributed by atoms with Crippen LogP contribution in [0.25, 0.3) is 0 Å². The number of anilines is 1. The number of benzene rings is 2. The first-order valence-corrected chi connectivity index (χ1v) is 11.4. The monoisotopic (exact) mass is 504 g/mol. The molecule has 0 bridgehead atoms. The molecule has 0 spiro atoms. The fraction of sp³-hybridized carbons (Fsp3) is 0.316. The summed E-state index contributed by atoms with van der Waals surface area (Å²) in [6.45, 7) is 3.93. The van der Waals surface area contributed by atoms with Gasteiger partial charge in [-0.25, -0.2) is 8.42 Å². The molecule has 2 aromatic rings. The van der Waals surface area contributed by atoms with Crippen LogP contribution in [-0.4, -0.2) is 45.4 Å². The first-order chi connectivity index (χ1) is 13.7. The molecule has 2 rings (SSSR count). The molecule has 158 valence electrons. The van der Waals surface area contributed by atoms with Gasteiger partial charge in [0.05, 0.1) is 22.2 Å². The molecule has 0 fully saturated rings. The third-order valence-corrected chi connectivity index (χ3v) is 6.94. The fourth-order valence-electron chi connectivity index (χ4n) is 2.58. The van der Waals surface area contributed by atoms with Crippen molar-refractivity contribution in [3.8, 4) is 11.5 Å². The van der Waals surface area contributed by atoms with E-state index in [2.05, 4.69) is 21.2 Å². The molecule has 0 unspecified atom stereocenters. The number of methoxy groups -OCH3 is 1. The van der Waals surface area contributed by atoms with Crippen LogP contribution in [0.3, 0.4) is 0 Å². The zero-order valence-corrected chi connectivity index (χ0v) is 19.4. The second kappa shape index (κ2) is 10.3. The van der Waals surface area contributed by atoms with Crippen LogP contribution in [-0.2, 0) is 14.8 Å². The van der Waals surface area contributed by atoms with Crippen molar-refractivity contribution in [3.05, 3.63) is 45.9 Å². The van der Waals surface area contributed by atoms with Gasteiger partial charge in [-0.05, 0) is 52.3 Å². The summed E-state index contributed by atoms with van der Waals surface area (Å²) in [6.07, 6.45) is 0. The van der Waals surface area contributed by atoms with Crippen LogP contribution < -0.4 is 14.8 Å². The lowest BCUT2D eigenvalue weighted by Crippen LogP contribution is -2.30. The molecule has 1 N–H and O–H groups in total. The van der Waals surface area contributed by atoms with Crippen molar-refractivity contribution in [2.75, 3.05) is 32.1 Å². The molecule has 0 radical (unpaired) electrons. The van der Waals surface area contributed by atoms with E-state index in [9.17, 15) is 13.2 Å². The summed E-state index contributed by atoms with van der Waals surface area (Å²) in [5.74, 6) is 0.321. The maximum Gasteiger partial charge on any atom is 0.262 e. The highest BCUT2D eigenvalue weighted by molar-refractivity contribution is 9.10. The molecular weight excluding hydrogens is 484 g/mol. The lowest BCUT2D eigenvalue weighted by atomic mass is 10.3. The van der Waals surface area contributed by atoms with E-state index in [0.29, 0.717) is 34.1 Å². The molecule has 0 heterocycles. The predicted molar refractivity (Wildman–Crippen MR) is 116 cm³/mol. The number of rotatable bonds is 9. The second-order valence-corrected chi connectivity index (χ2v) is 9.09. The Balaban J connectivity index is 2.19. The second-order valence-electron chi connectivity index (χ2n) is 5.86. The van der Waals surface area contributed by atoms with E-state index >= 15 is 0 Å². The minimum atomic E-state index is -3.67. The number of nitrogens with one attached hydrogen (secondary N) is 1. The summed E-state index contributed by atoms with van der Waals surface area (Å²) >= 11 is 9.20. The number of hydrogen-bond donors (Lipinski definition) is 1. The largest absolute Gasteiger partial charge is 0.495 e. The van der Waals surface area contributed by atoms with Gasteiger partial charge < -0.3 is 14.8 Å². The fourth-order valence-corrected chi connectivity index (χ4v) is 4.86. The van der Waals surface area contributed by atoms with Gasteiger partial charge in [0, 0.05) is 18.1 Å². The Morgan fingerprint density at radius 2 is 1.79 bits per heavy atom. The molecule has 10 heteroatoms. The van der Waals surface area contributed by atoms with Gasteiger partial charge in [-0.2, -0.15) is 4.31 Å². The normalized spacial score (nSPS) is 11.4. The number of carbonyl (C=O) groups is 1. The predicted octanol–water partition coefficient (Wildman–Crippen LogP) is 4.16. The van der Waals surface area contributed by atoms with Gasteiger partial charge in [0.25, 0.3) is 5.91 Å². The van der Waals surface area contributed by atoms with E-state index in [-0.39, 0.29) is 17.2 Å². The zero-order valence-electron chi connectivity index (χ0n) is 16.2. The van der Waals surface area contributed by atoms with Gasteiger partial charge in [-0.1, -0.05) is 25.4 Å². The SMILES string of the molecule is CCN(CC)S(=O)(=O)c1ccc(OC)c(NC(=O)COc2ccc(Cl)cc2Br)c1. The summed E-state index contributed by atoms with van der Waals surface area (Å²) in [5, 5.41) is 3.17. The molecule has 7 nitrogen and oxygen atoms in total. The number of nitrogens with zero attached hydrogens (tertiary/aromatic N) is 1. The van der Waals surface area contributed by atoms with Crippen LogP contribution in [0.1, 0.15) is 13.8 Å². The highest BCUT2D eigenvalue weighted by Crippen LogP contribution is 2.30. The Kier molecular flexibility index (Phi) is 8.33. The number of amides is 1. The standard InChI is InChI=1S/C19H22BrClN2O5S/c1-4-23(5-2)29(25,26)14-7-9-18(27-3)16(11-14)22-19(24)12-28-17-8-6-13(21)10-15(17)20/h6-11H,4-5,12H2,1-3H3,(H,22,24). The van der Waals surface area contributed by atoms with Gasteiger partial charge in [-0.3, -0.25) is 4.79 Å². The van der Waals surface area contributed by atoms with Crippen LogP contribution in [0.15, 0.2) is 45.8 Å². The summed E-state index contributed by atoms with van der Waals surface area (Å²) in [4.78, 5) is 12.4. The number of sulfonamides is 1. The minimum Gasteiger partial charge on any atom is -0.495 e. The van der Waals surface area contributed by atoms with Gasteiger partial charge in [0.2, 0.25) is 10.0 Å². The Morgan fingerprint density at radius 3 is 2.38 bits per heavy atom. The van der Waals surface area contributed by atoms with Gasteiger partial charge in [-0.15, -0.1) is 0 Å². The summed E-state index contributed by atoms with van der Waals surface area (Å²) in [6, 6.07) is 9.26. The quantitative estimate of drug-likeness (QED) is 0.553. The number of halogens is 2. The Hall–Kier alpha value is -1.81. The summed E-state index contributed by atoms with van der Waals surface area (Å²) in [7, 11) is -2.24. The van der Waals surface area contributed by atoms with E-state index < -0.39 is 15.9 Å². The highest BCUT2D eigenvalue weighted by Gasteiger charge is 2.23. The lowest BCUT2D eigenvalue weighted by molar-refractivity contribution is -0.118. The lowest BCUT2D eigenvalue weighted by Gasteiger charge is -2.19. The Labute approximate surface area is 184 Å². The van der Waals surface area contributed by atoms with Crippen molar-refractivity contribution in [3.63, 3.8) is 0 Å². The smallest absolute Gasteiger partial charge is 0.262 e. The van der Waals surface area contributed by atoms with E-state index in [1.165, 1.54) is 29.6 Å². The maximum absolute atomic E-state index is 12.7. The van der Waals surface area contributed by atoms with Crippen LogP contribution >= 0.6 is 27.5 Å². The average Bonchev–Trinajstić information content (AvgIpc) is 2.68. The van der Waals surface area contributed by atoms with E-state index in [1.54, 1.807) is 32.0 Å². The van der Waals surface area contributed by atoms with E-state index in [4.69, 9.17) is 21.1 Å². The van der Waals surface area contributed by atoms with Crippen LogP contribution in [0.2, 0.25) is 5.02 Å². The molecule has 29 heavy (non-hydrogen) atoms. The molecule has 0 atom stereocenters. The summed E-state index contributed by atoms with van der Waals surface area (Å²) in [5.41, 5.74) is 0.240. The molecule has 0 aromatic heterocycles. The first-order valence-electron chi connectivity index (χ1n) is 8.78. The number of ether oxygens (including phenoxy) is 2. The van der Waals surface area contributed by atoms with Crippen molar-refractivity contribution < 1.29 is 22.7 Å². The third-order valence-electron chi connectivity index (χ3n) is 4.04. The van der Waals surface area contributed by atoms with Gasteiger partial charge in [0.15, 0.2) is 6.61 Å². The van der Waals surface area contributed by atoms with Gasteiger partial charge >= 0.3 is 0 Å². The molecule has 0 aliphatic carbocycles. The van der Waals surface area contributed by atoms with Crippen LogP contribution in [0, 0.1) is 0 Å². The van der Waals surface area contributed by atoms with Crippen molar-refractivity contribution >= 4 is 49.1 Å². The van der Waals surface area contributed by atoms with E-state index in [1.807, 2.05) is 0 Å². The summed E-state index contributed by atoms with van der Waals surface area (Å²) < 4.78 is 38.1. The third kappa shape index (κ3) is 5.85. The Bertz CT molecular complexity index is 981. The van der Waals surface area contributed by atoms with Crippen molar-refractivity contribution in [1.82, 2.24) is 4.31 Å². The van der Waals surface area contributed by atoms with Crippen molar-refractivity contribution in [2.45, 2.75) is 18.7 Å².